The van der Waals surface area contributed by atoms with Gasteiger partial charge in [-0.05, 0) is 48.4 Å². The van der Waals surface area contributed by atoms with E-state index in [1.807, 2.05) is 12.1 Å². The number of rotatable bonds is 9. The number of ether oxygens (including phenoxy) is 2. The molecule has 2 aromatic carbocycles. The molecule has 0 fully saturated rings. The van der Waals surface area contributed by atoms with E-state index in [1.165, 1.54) is 12.1 Å². The summed E-state index contributed by atoms with van der Waals surface area (Å²) < 4.78 is 11.0. The predicted octanol–water partition coefficient (Wildman–Crippen LogP) is 3.62. The molecule has 142 valence electrons. The third kappa shape index (κ3) is 6.18. The Morgan fingerprint density at radius 2 is 1.96 bits per heavy atom. The Morgan fingerprint density at radius 3 is 2.67 bits per heavy atom. The van der Waals surface area contributed by atoms with E-state index in [1.54, 1.807) is 37.5 Å². The van der Waals surface area contributed by atoms with E-state index in [-0.39, 0.29) is 5.91 Å². The van der Waals surface area contributed by atoms with Crippen molar-refractivity contribution < 1.29 is 19.1 Å². The molecule has 0 aliphatic rings. The van der Waals surface area contributed by atoms with Crippen molar-refractivity contribution in [2.45, 2.75) is 19.8 Å². The summed E-state index contributed by atoms with van der Waals surface area (Å²) in [6.07, 6.45) is 5.11. The van der Waals surface area contributed by atoms with Gasteiger partial charge in [0.25, 0.3) is 0 Å². The Morgan fingerprint density at radius 1 is 1.15 bits per heavy atom. The molecule has 6 nitrogen and oxygen atoms in total. The molecule has 2 aromatic rings. The molecule has 0 saturated carbocycles. The minimum absolute atomic E-state index is 0.321. The molecule has 0 aromatic heterocycles. The van der Waals surface area contributed by atoms with Crippen molar-refractivity contribution in [1.29, 1.82) is 0 Å². The molecule has 27 heavy (non-hydrogen) atoms. The average molecular weight is 368 g/mol. The zero-order valence-corrected chi connectivity index (χ0v) is 15.5. The number of amides is 2. The maximum Gasteiger partial charge on any atom is 0.248 e. The smallest absolute Gasteiger partial charge is 0.248 e. The molecule has 0 bridgehead atoms. The lowest BCUT2D eigenvalue weighted by Crippen LogP contribution is -2.12. The number of anilines is 1. The predicted molar refractivity (Wildman–Crippen MR) is 106 cm³/mol. The van der Waals surface area contributed by atoms with Gasteiger partial charge in [0.2, 0.25) is 11.8 Å². The first-order valence-corrected chi connectivity index (χ1v) is 8.73. The SMILES string of the molecule is CCCCOc1ccc(/C=C/C(=O)Nc2cccc(C(N)=O)c2)cc1OC. The zero-order valence-electron chi connectivity index (χ0n) is 15.5. The Labute approximate surface area is 159 Å². The van der Waals surface area contributed by atoms with Crippen LogP contribution in [0, 0.1) is 0 Å². The van der Waals surface area contributed by atoms with E-state index in [0.717, 1.165) is 18.4 Å². The molecule has 0 saturated heterocycles. The normalized spacial score (nSPS) is 10.6. The minimum atomic E-state index is -0.546. The Kier molecular flexibility index (Phi) is 7.43. The molecule has 0 aliphatic heterocycles. The molecule has 0 radical (unpaired) electrons. The largest absolute Gasteiger partial charge is 0.493 e. The fourth-order valence-electron chi connectivity index (χ4n) is 2.34. The molecule has 2 rings (SSSR count). The highest BCUT2D eigenvalue weighted by Gasteiger charge is 2.06. The highest BCUT2D eigenvalue weighted by Crippen LogP contribution is 2.28. The van der Waals surface area contributed by atoms with Gasteiger partial charge in [0.05, 0.1) is 13.7 Å². The molecular formula is C21H24N2O4. The number of nitrogens with one attached hydrogen (secondary N) is 1. The van der Waals surface area contributed by atoms with Gasteiger partial charge in [-0.3, -0.25) is 9.59 Å². The number of hydrogen-bond acceptors (Lipinski definition) is 4. The molecule has 2 amide bonds. The van der Waals surface area contributed by atoms with Crippen molar-refractivity contribution in [2.24, 2.45) is 5.73 Å². The number of unbranched alkanes of at least 4 members (excludes halogenated alkanes) is 1. The number of carbonyl (C=O) groups excluding carboxylic acids is 2. The van der Waals surface area contributed by atoms with Crippen LogP contribution in [-0.4, -0.2) is 25.5 Å². The van der Waals surface area contributed by atoms with Crippen molar-refractivity contribution in [3.8, 4) is 11.5 Å². The first-order chi connectivity index (χ1) is 13.0. The number of carbonyl (C=O) groups is 2. The van der Waals surface area contributed by atoms with Crippen LogP contribution in [0.15, 0.2) is 48.5 Å². The summed E-state index contributed by atoms with van der Waals surface area (Å²) in [6, 6.07) is 11.9. The zero-order chi connectivity index (χ0) is 19.6. The van der Waals surface area contributed by atoms with E-state index in [2.05, 4.69) is 12.2 Å². The van der Waals surface area contributed by atoms with Gasteiger partial charge in [-0.2, -0.15) is 0 Å². The monoisotopic (exact) mass is 368 g/mol. The fourth-order valence-corrected chi connectivity index (χ4v) is 2.34. The van der Waals surface area contributed by atoms with Crippen molar-refractivity contribution >= 4 is 23.6 Å². The van der Waals surface area contributed by atoms with Crippen LogP contribution in [0.25, 0.3) is 6.08 Å². The number of primary amides is 1. The molecule has 0 unspecified atom stereocenters. The lowest BCUT2D eigenvalue weighted by molar-refractivity contribution is -0.111. The van der Waals surface area contributed by atoms with Crippen LogP contribution >= 0.6 is 0 Å². The van der Waals surface area contributed by atoms with Gasteiger partial charge in [-0.1, -0.05) is 25.5 Å². The quantitative estimate of drug-likeness (QED) is 0.522. The van der Waals surface area contributed by atoms with E-state index in [4.69, 9.17) is 15.2 Å². The third-order valence-corrected chi connectivity index (χ3v) is 3.78. The van der Waals surface area contributed by atoms with E-state index >= 15 is 0 Å². The summed E-state index contributed by atoms with van der Waals surface area (Å²) >= 11 is 0. The van der Waals surface area contributed by atoms with E-state index in [9.17, 15) is 9.59 Å². The Balaban J connectivity index is 2.03. The Bertz CT molecular complexity index is 831. The maximum absolute atomic E-state index is 12.1. The summed E-state index contributed by atoms with van der Waals surface area (Å²) in [5.41, 5.74) is 6.87. The van der Waals surface area contributed by atoms with E-state index < -0.39 is 5.91 Å². The van der Waals surface area contributed by atoms with Crippen LogP contribution in [0.3, 0.4) is 0 Å². The maximum atomic E-state index is 12.1. The van der Waals surface area contributed by atoms with E-state index in [0.29, 0.717) is 29.4 Å². The molecule has 0 spiro atoms. The van der Waals surface area contributed by atoms with Crippen LogP contribution < -0.4 is 20.5 Å². The number of hydrogen-bond donors (Lipinski definition) is 2. The Hall–Kier alpha value is -3.28. The van der Waals surface area contributed by atoms with Crippen LogP contribution in [0.5, 0.6) is 11.5 Å². The highest BCUT2D eigenvalue weighted by molar-refractivity contribution is 6.03. The third-order valence-electron chi connectivity index (χ3n) is 3.78. The fraction of sp³-hybridized carbons (Fsp3) is 0.238. The van der Waals surface area contributed by atoms with Gasteiger partial charge in [0, 0.05) is 17.3 Å². The topological polar surface area (TPSA) is 90.6 Å². The van der Waals surface area contributed by atoms with Crippen LogP contribution in [0.2, 0.25) is 0 Å². The van der Waals surface area contributed by atoms with Crippen molar-refractivity contribution in [3.63, 3.8) is 0 Å². The van der Waals surface area contributed by atoms with Crippen molar-refractivity contribution in [1.82, 2.24) is 0 Å². The lowest BCUT2D eigenvalue weighted by Gasteiger charge is -2.11. The summed E-state index contributed by atoms with van der Waals surface area (Å²) in [5, 5.41) is 2.69. The molecule has 0 heterocycles. The average Bonchev–Trinajstić information content (AvgIpc) is 2.67. The molecule has 6 heteroatoms. The van der Waals surface area contributed by atoms with Crippen LogP contribution in [-0.2, 0) is 4.79 Å². The molecular weight excluding hydrogens is 344 g/mol. The van der Waals surface area contributed by atoms with Gasteiger partial charge in [-0.15, -0.1) is 0 Å². The second-order valence-corrected chi connectivity index (χ2v) is 5.88. The molecule has 0 atom stereocenters. The first kappa shape index (κ1) is 20.0. The standard InChI is InChI=1S/C21H24N2O4/c1-3-4-12-27-18-10-8-15(13-19(18)26-2)9-11-20(24)23-17-7-5-6-16(14-17)21(22)25/h5-11,13-14H,3-4,12H2,1-2H3,(H2,22,25)(H,23,24)/b11-9+. The van der Waals surface area contributed by atoms with Gasteiger partial charge in [0.1, 0.15) is 0 Å². The van der Waals surface area contributed by atoms with Crippen molar-refractivity contribution in [3.05, 3.63) is 59.7 Å². The molecule has 0 aliphatic carbocycles. The van der Waals surface area contributed by atoms with Crippen LogP contribution in [0.4, 0.5) is 5.69 Å². The first-order valence-electron chi connectivity index (χ1n) is 8.73. The highest BCUT2D eigenvalue weighted by atomic mass is 16.5. The summed E-state index contributed by atoms with van der Waals surface area (Å²) in [5.74, 6) is 0.424. The van der Waals surface area contributed by atoms with Gasteiger partial charge in [-0.25, -0.2) is 0 Å². The van der Waals surface area contributed by atoms with Crippen LogP contribution in [0.1, 0.15) is 35.7 Å². The number of methoxy groups -OCH3 is 1. The summed E-state index contributed by atoms with van der Waals surface area (Å²) in [6.45, 7) is 2.73. The van der Waals surface area contributed by atoms with Gasteiger partial charge >= 0.3 is 0 Å². The second kappa shape index (κ2) is 10.0. The number of benzene rings is 2. The lowest BCUT2D eigenvalue weighted by atomic mass is 10.1. The molecule has 3 N–H and O–H groups in total. The second-order valence-electron chi connectivity index (χ2n) is 5.88. The van der Waals surface area contributed by atoms with Crippen molar-refractivity contribution in [2.75, 3.05) is 19.0 Å². The summed E-state index contributed by atoms with van der Waals surface area (Å²) in [7, 11) is 1.58. The minimum Gasteiger partial charge on any atom is -0.493 e. The van der Waals surface area contributed by atoms with Gasteiger partial charge < -0.3 is 20.5 Å². The summed E-state index contributed by atoms with van der Waals surface area (Å²) in [4.78, 5) is 23.3. The van der Waals surface area contributed by atoms with Gasteiger partial charge in [0.15, 0.2) is 11.5 Å². The number of nitrogens with two attached hydrogens (primary N) is 1.